The van der Waals surface area contributed by atoms with Crippen LogP contribution in [0.2, 0.25) is 0 Å². The van der Waals surface area contributed by atoms with Crippen LogP contribution >= 0.6 is 0 Å². The fraction of sp³-hybridized carbons (Fsp3) is 1.00. The van der Waals surface area contributed by atoms with Crippen molar-refractivity contribution in [2.45, 2.75) is 64.5 Å². The van der Waals surface area contributed by atoms with Crippen LogP contribution in [-0.4, -0.2) is 48.3 Å². The minimum Gasteiger partial charge on any atom is -0.395 e. The van der Waals surface area contributed by atoms with E-state index >= 15 is 0 Å². The molecule has 0 heterocycles. The molecule has 0 bridgehead atoms. The molecule has 0 aromatic carbocycles. The molecule has 0 atom stereocenters. The molecule has 2 aliphatic carbocycles. The van der Waals surface area contributed by atoms with Gasteiger partial charge in [0, 0.05) is 31.7 Å². The van der Waals surface area contributed by atoms with E-state index in [0.29, 0.717) is 11.5 Å². The Labute approximate surface area is 112 Å². The Morgan fingerprint density at radius 2 is 1.94 bits per heavy atom. The average Bonchev–Trinajstić information content (AvgIpc) is 3.06. The number of rotatable bonds is 8. The van der Waals surface area contributed by atoms with E-state index in [1.54, 1.807) is 0 Å². The minimum atomic E-state index is 0.282. The highest BCUT2D eigenvalue weighted by molar-refractivity contribution is 4.93. The summed E-state index contributed by atoms with van der Waals surface area (Å²) in [6.07, 6.45) is 8.25. The van der Waals surface area contributed by atoms with Crippen molar-refractivity contribution >= 4 is 0 Å². The summed E-state index contributed by atoms with van der Waals surface area (Å²) in [5, 5.41) is 13.0. The van der Waals surface area contributed by atoms with E-state index in [1.165, 1.54) is 45.1 Å². The number of hydrogen-bond donors (Lipinski definition) is 2. The van der Waals surface area contributed by atoms with Gasteiger partial charge in [0.05, 0.1) is 6.61 Å². The van der Waals surface area contributed by atoms with Gasteiger partial charge >= 0.3 is 0 Å². The lowest BCUT2D eigenvalue weighted by molar-refractivity contribution is 0.0994. The second kappa shape index (κ2) is 6.36. The maximum absolute atomic E-state index is 9.21. The van der Waals surface area contributed by atoms with Crippen molar-refractivity contribution in [3.63, 3.8) is 0 Å². The molecule has 0 aliphatic heterocycles. The third kappa shape index (κ3) is 3.94. The summed E-state index contributed by atoms with van der Waals surface area (Å²) in [5.41, 5.74) is 0.474. The van der Waals surface area contributed by atoms with Gasteiger partial charge in [0.15, 0.2) is 0 Å². The summed E-state index contributed by atoms with van der Waals surface area (Å²) in [4.78, 5) is 2.46. The molecule has 2 N–H and O–H groups in total. The van der Waals surface area contributed by atoms with Gasteiger partial charge in [-0.25, -0.2) is 0 Å². The number of nitrogens with one attached hydrogen (secondary N) is 1. The van der Waals surface area contributed by atoms with Gasteiger partial charge in [0.1, 0.15) is 0 Å². The molecule has 0 radical (unpaired) electrons. The Kier molecular flexibility index (Phi) is 5.05. The van der Waals surface area contributed by atoms with E-state index in [9.17, 15) is 5.11 Å². The van der Waals surface area contributed by atoms with Gasteiger partial charge in [0.25, 0.3) is 0 Å². The van der Waals surface area contributed by atoms with Gasteiger partial charge in [-0.2, -0.15) is 0 Å². The summed E-state index contributed by atoms with van der Waals surface area (Å²) >= 11 is 0. The molecule has 106 valence electrons. The van der Waals surface area contributed by atoms with Gasteiger partial charge in [0.2, 0.25) is 0 Å². The minimum absolute atomic E-state index is 0.282. The van der Waals surface area contributed by atoms with Crippen LogP contribution in [0.4, 0.5) is 0 Å². The van der Waals surface area contributed by atoms with Crippen molar-refractivity contribution in [1.29, 1.82) is 0 Å². The maximum atomic E-state index is 9.21. The summed E-state index contributed by atoms with van der Waals surface area (Å²) < 4.78 is 0. The molecule has 0 spiro atoms. The van der Waals surface area contributed by atoms with Gasteiger partial charge in [-0.3, -0.25) is 4.90 Å². The molecule has 3 nitrogen and oxygen atoms in total. The van der Waals surface area contributed by atoms with Crippen molar-refractivity contribution in [1.82, 2.24) is 10.2 Å². The van der Waals surface area contributed by atoms with Crippen LogP contribution in [0, 0.1) is 5.41 Å². The highest BCUT2D eigenvalue weighted by Gasteiger charge is 2.37. The molecule has 3 heteroatoms. The first-order chi connectivity index (χ1) is 8.65. The van der Waals surface area contributed by atoms with Crippen LogP contribution < -0.4 is 5.32 Å². The van der Waals surface area contributed by atoms with Crippen LogP contribution in [0.25, 0.3) is 0 Å². The number of aliphatic hydroxyl groups excluding tert-OH is 1. The topological polar surface area (TPSA) is 35.5 Å². The van der Waals surface area contributed by atoms with Crippen molar-refractivity contribution < 1.29 is 5.11 Å². The maximum Gasteiger partial charge on any atom is 0.0558 e. The van der Waals surface area contributed by atoms with Gasteiger partial charge < -0.3 is 10.4 Å². The summed E-state index contributed by atoms with van der Waals surface area (Å²) in [6, 6.07) is 1.35. The third-order valence-corrected chi connectivity index (χ3v) is 4.66. The van der Waals surface area contributed by atoms with Crippen molar-refractivity contribution in [3.05, 3.63) is 0 Å². The van der Waals surface area contributed by atoms with E-state index in [4.69, 9.17) is 0 Å². The highest BCUT2D eigenvalue weighted by atomic mass is 16.3. The average molecular weight is 254 g/mol. The normalized spacial score (nSPS) is 23.2. The number of aliphatic hydroxyl groups is 1. The van der Waals surface area contributed by atoms with Crippen molar-refractivity contribution in [3.8, 4) is 0 Å². The first kappa shape index (κ1) is 14.3. The zero-order valence-electron chi connectivity index (χ0n) is 12.1. The molecule has 2 aliphatic rings. The van der Waals surface area contributed by atoms with E-state index in [2.05, 4.69) is 24.1 Å². The summed E-state index contributed by atoms with van der Waals surface area (Å²) in [5.74, 6) is 0. The lowest BCUT2D eigenvalue weighted by atomic mass is 9.85. The number of hydrogen-bond acceptors (Lipinski definition) is 3. The Morgan fingerprint density at radius 1 is 1.28 bits per heavy atom. The standard InChI is InChI=1S/C15H30N2O/c1-13(2)17(9-10-18)12-15(7-3-4-8-15)11-16-14-5-6-14/h13-14,16,18H,3-12H2,1-2H3. The van der Waals surface area contributed by atoms with E-state index in [1.807, 2.05) is 0 Å². The first-order valence-electron chi connectivity index (χ1n) is 7.73. The Morgan fingerprint density at radius 3 is 2.44 bits per heavy atom. The predicted octanol–water partition coefficient (Wildman–Crippen LogP) is 2.00. The third-order valence-electron chi connectivity index (χ3n) is 4.66. The lowest BCUT2D eigenvalue weighted by Gasteiger charge is -2.37. The quantitative estimate of drug-likeness (QED) is 0.695. The molecule has 0 aromatic rings. The van der Waals surface area contributed by atoms with Crippen molar-refractivity contribution in [2.75, 3.05) is 26.2 Å². The molecule has 0 unspecified atom stereocenters. The zero-order chi connectivity index (χ0) is 13.0. The Balaban J connectivity index is 1.89. The SMILES string of the molecule is CC(C)N(CCO)CC1(CNC2CC2)CCCC1. The second-order valence-electron chi connectivity index (χ2n) is 6.65. The van der Waals surface area contributed by atoms with Crippen LogP contribution in [-0.2, 0) is 0 Å². The summed E-state index contributed by atoms with van der Waals surface area (Å²) in [7, 11) is 0. The number of nitrogens with zero attached hydrogens (tertiary/aromatic N) is 1. The zero-order valence-corrected chi connectivity index (χ0v) is 12.1. The molecule has 0 saturated heterocycles. The molecule has 18 heavy (non-hydrogen) atoms. The fourth-order valence-electron chi connectivity index (χ4n) is 3.24. The molecular formula is C15H30N2O. The Bertz CT molecular complexity index is 245. The molecule has 0 amide bonds. The monoisotopic (exact) mass is 254 g/mol. The summed E-state index contributed by atoms with van der Waals surface area (Å²) in [6.45, 7) is 7.93. The van der Waals surface area contributed by atoms with Crippen LogP contribution in [0.1, 0.15) is 52.4 Å². The lowest BCUT2D eigenvalue weighted by Crippen LogP contribution is -2.46. The largest absolute Gasteiger partial charge is 0.395 e. The second-order valence-corrected chi connectivity index (χ2v) is 6.65. The van der Waals surface area contributed by atoms with Gasteiger partial charge in [-0.1, -0.05) is 12.8 Å². The van der Waals surface area contributed by atoms with Crippen molar-refractivity contribution in [2.24, 2.45) is 5.41 Å². The molecule has 2 fully saturated rings. The van der Waals surface area contributed by atoms with Crippen LogP contribution in [0.3, 0.4) is 0 Å². The first-order valence-corrected chi connectivity index (χ1v) is 7.73. The molecule has 2 saturated carbocycles. The fourth-order valence-corrected chi connectivity index (χ4v) is 3.24. The highest BCUT2D eigenvalue weighted by Crippen LogP contribution is 2.39. The Hall–Kier alpha value is -0.120. The predicted molar refractivity (Wildman–Crippen MR) is 75.7 cm³/mol. The smallest absolute Gasteiger partial charge is 0.0558 e. The van der Waals surface area contributed by atoms with Crippen LogP contribution in [0.15, 0.2) is 0 Å². The van der Waals surface area contributed by atoms with E-state index in [-0.39, 0.29) is 6.61 Å². The van der Waals surface area contributed by atoms with E-state index in [0.717, 1.165) is 19.1 Å². The molecule has 0 aromatic heterocycles. The molecular weight excluding hydrogens is 224 g/mol. The van der Waals surface area contributed by atoms with Crippen LogP contribution in [0.5, 0.6) is 0 Å². The van der Waals surface area contributed by atoms with E-state index < -0.39 is 0 Å². The van der Waals surface area contributed by atoms with Gasteiger partial charge in [-0.15, -0.1) is 0 Å². The van der Waals surface area contributed by atoms with Gasteiger partial charge in [-0.05, 0) is 44.9 Å². The molecule has 2 rings (SSSR count).